The summed E-state index contributed by atoms with van der Waals surface area (Å²) in [5.41, 5.74) is 12.3. The summed E-state index contributed by atoms with van der Waals surface area (Å²) in [6, 6.07) is 4.76. The van der Waals surface area contributed by atoms with E-state index in [1.165, 1.54) is 6.07 Å². The van der Waals surface area contributed by atoms with Crippen molar-refractivity contribution in [2.24, 2.45) is 5.73 Å². The predicted molar refractivity (Wildman–Crippen MR) is 56.0 cm³/mol. The average molecular weight is 260 g/mol. The van der Waals surface area contributed by atoms with E-state index in [0.717, 1.165) is 4.47 Å². The zero-order valence-electron chi connectivity index (χ0n) is 7.43. The van der Waals surface area contributed by atoms with Gasteiger partial charge in [0.1, 0.15) is 5.82 Å². The number of hydrogen-bond donors (Lipinski definition) is 3. The van der Waals surface area contributed by atoms with Crippen LogP contribution in [0.3, 0.4) is 0 Å². The Labute approximate surface area is 90.0 Å². The fourth-order valence-corrected chi connectivity index (χ4v) is 1.91. The van der Waals surface area contributed by atoms with Crippen molar-refractivity contribution in [1.82, 2.24) is 10.9 Å². The molecule has 1 aliphatic rings. The topological polar surface area (TPSA) is 50.1 Å². The van der Waals surface area contributed by atoms with Crippen LogP contribution in [-0.2, 0) is 0 Å². The molecule has 0 aromatic heterocycles. The molecule has 1 fully saturated rings. The Hall–Kier alpha value is -0.490. The van der Waals surface area contributed by atoms with Gasteiger partial charge in [-0.25, -0.2) is 9.82 Å². The van der Waals surface area contributed by atoms with Crippen LogP contribution >= 0.6 is 15.9 Å². The lowest BCUT2D eigenvalue weighted by Gasteiger charge is -2.15. The largest absolute Gasteiger partial charge is 0.325 e. The Morgan fingerprint density at radius 1 is 1.50 bits per heavy atom. The first kappa shape index (κ1) is 10.0. The summed E-state index contributed by atoms with van der Waals surface area (Å²) in [6.45, 7) is 0.653. The number of nitrogens with two attached hydrogens (primary N) is 1. The van der Waals surface area contributed by atoms with Crippen LogP contribution in [0.5, 0.6) is 0 Å². The van der Waals surface area contributed by atoms with Gasteiger partial charge in [0.15, 0.2) is 0 Å². The molecule has 5 heteroatoms. The van der Waals surface area contributed by atoms with E-state index in [4.69, 9.17) is 5.73 Å². The summed E-state index contributed by atoms with van der Waals surface area (Å²) in [6.07, 6.45) is 0. The molecule has 2 unspecified atom stereocenters. The van der Waals surface area contributed by atoms with Crippen LogP contribution in [0.4, 0.5) is 4.39 Å². The Morgan fingerprint density at radius 3 is 2.86 bits per heavy atom. The van der Waals surface area contributed by atoms with E-state index in [2.05, 4.69) is 26.8 Å². The molecule has 0 aliphatic carbocycles. The lowest BCUT2D eigenvalue weighted by molar-refractivity contribution is 0.510. The lowest BCUT2D eigenvalue weighted by Crippen LogP contribution is -2.30. The molecule has 0 radical (unpaired) electrons. The van der Waals surface area contributed by atoms with Gasteiger partial charge < -0.3 is 5.73 Å². The van der Waals surface area contributed by atoms with Crippen molar-refractivity contribution in [2.45, 2.75) is 12.1 Å². The molecule has 4 N–H and O–H groups in total. The molecule has 1 aromatic rings. The smallest absolute Gasteiger partial charge is 0.129 e. The van der Waals surface area contributed by atoms with Crippen molar-refractivity contribution in [3.8, 4) is 0 Å². The van der Waals surface area contributed by atoms with Gasteiger partial charge in [0.25, 0.3) is 0 Å². The quantitative estimate of drug-likeness (QED) is 0.707. The average Bonchev–Trinajstić information content (AvgIpc) is 2.52. The maximum atomic E-state index is 13.5. The van der Waals surface area contributed by atoms with Crippen molar-refractivity contribution in [2.75, 3.05) is 6.54 Å². The number of benzene rings is 1. The van der Waals surface area contributed by atoms with Crippen LogP contribution in [0.25, 0.3) is 0 Å². The third kappa shape index (κ3) is 1.81. The highest BCUT2D eigenvalue weighted by atomic mass is 79.9. The van der Waals surface area contributed by atoms with Crippen LogP contribution < -0.4 is 16.6 Å². The predicted octanol–water partition coefficient (Wildman–Crippen LogP) is 1.06. The Bertz CT molecular complexity index is 345. The van der Waals surface area contributed by atoms with E-state index >= 15 is 0 Å². The summed E-state index contributed by atoms with van der Waals surface area (Å²) in [5.74, 6) is -0.240. The summed E-state index contributed by atoms with van der Waals surface area (Å²) in [5, 5.41) is 0. The van der Waals surface area contributed by atoms with Gasteiger partial charge in [-0.2, -0.15) is 0 Å². The molecule has 0 spiro atoms. The normalized spacial score (nSPS) is 26.8. The zero-order chi connectivity index (χ0) is 10.1. The maximum absolute atomic E-state index is 13.5. The van der Waals surface area contributed by atoms with Crippen LogP contribution in [0.1, 0.15) is 11.6 Å². The van der Waals surface area contributed by atoms with Gasteiger partial charge >= 0.3 is 0 Å². The summed E-state index contributed by atoms with van der Waals surface area (Å²) in [4.78, 5) is 0. The molecule has 3 nitrogen and oxygen atoms in total. The standard InChI is InChI=1S/C9H11BrFN3/c10-5-1-2-6(7(11)3-5)9-8(12)4-13-14-9/h1-3,8-9,13-14H,4,12H2. The van der Waals surface area contributed by atoms with Crippen molar-refractivity contribution >= 4 is 15.9 Å². The molecule has 0 saturated carbocycles. The van der Waals surface area contributed by atoms with Crippen LogP contribution in [-0.4, -0.2) is 12.6 Å². The van der Waals surface area contributed by atoms with Crippen LogP contribution in [0.2, 0.25) is 0 Å². The van der Waals surface area contributed by atoms with Crippen molar-refractivity contribution in [1.29, 1.82) is 0 Å². The highest BCUT2D eigenvalue weighted by Crippen LogP contribution is 2.23. The SMILES string of the molecule is NC1CNNC1c1ccc(Br)cc1F. The number of nitrogens with one attached hydrogen (secondary N) is 2. The highest BCUT2D eigenvalue weighted by Gasteiger charge is 2.26. The second kappa shape index (κ2) is 3.94. The summed E-state index contributed by atoms with van der Waals surface area (Å²) >= 11 is 3.21. The first-order valence-corrected chi connectivity index (χ1v) is 5.16. The Balaban J connectivity index is 2.31. The highest BCUT2D eigenvalue weighted by molar-refractivity contribution is 9.10. The van der Waals surface area contributed by atoms with Gasteiger partial charge in [0.2, 0.25) is 0 Å². The fourth-order valence-electron chi connectivity index (χ4n) is 1.57. The number of rotatable bonds is 1. The van der Waals surface area contributed by atoms with Crippen molar-refractivity contribution in [3.05, 3.63) is 34.1 Å². The molecule has 0 bridgehead atoms. The molecule has 2 rings (SSSR count). The monoisotopic (exact) mass is 259 g/mol. The third-order valence-electron chi connectivity index (χ3n) is 2.32. The second-order valence-electron chi connectivity index (χ2n) is 3.33. The lowest BCUT2D eigenvalue weighted by atomic mass is 10.0. The van der Waals surface area contributed by atoms with E-state index in [1.807, 2.05) is 6.07 Å². The van der Waals surface area contributed by atoms with Crippen LogP contribution in [0, 0.1) is 5.82 Å². The van der Waals surface area contributed by atoms with Gasteiger partial charge in [-0.05, 0) is 12.1 Å². The molecule has 76 valence electrons. The fraction of sp³-hybridized carbons (Fsp3) is 0.333. The van der Waals surface area contributed by atoms with Crippen LogP contribution in [0.15, 0.2) is 22.7 Å². The molecule has 1 aromatic carbocycles. The van der Waals surface area contributed by atoms with E-state index < -0.39 is 0 Å². The second-order valence-corrected chi connectivity index (χ2v) is 4.25. The van der Waals surface area contributed by atoms with E-state index in [0.29, 0.717) is 12.1 Å². The summed E-state index contributed by atoms with van der Waals surface area (Å²) < 4.78 is 14.3. The minimum atomic E-state index is -0.240. The molecular formula is C9H11BrFN3. The van der Waals surface area contributed by atoms with Crippen molar-refractivity contribution in [3.63, 3.8) is 0 Å². The number of hydrogen-bond acceptors (Lipinski definition) is 3. The molecule has 1 heterocycles. The molecule has 0 amide bonds. The van der Waals surface area contributed by atoms with Crippen molar-refractivity contribution < 1.29 is 4.39 Å². The van der Waals surface area contributed by atoms with Gasteiger partial charge in [0, 0.05) is 22.6 Å². The van der Waals surface area contributed by atoms with E-state index in [1.54, 1.807) is 6.07 Å². The van der Waals surface area contributed by atoms with Gasteiger partial charge in [0.05, 0.1) is 6.04 Å². The van der Waals surface area contributed by atoms with E-state index in [-0.39, 0.29) is 17.9 Å². The number of hydrazine groups is 1. The minimum Gasteiger partial charge on any atom is -0.325 e. The number of halogens is 2. The minimum absolute atomic E-state index is 0.0920. The first-order valence-electron chi connectivity index (χ1n) is 4.37. The Morgan fingerprint density at radius 2 is 2.29 bits per heavy atom. The van der Waals surface area contributed by atoms with Gasteiger partial charge in [-0.1, -0.05) is 22.0 Å². The van der Waals surface area contributed by atoms with Gasteiger partial charge in [-0.3, -0.25) is 5.43 Å². The molecule has 2 atom stereocenters. The third-order valence-corrected chi connectivity index (χ3v) is 2.81. The molecule has 1 aliphatic heterocycles. The molecular weight excluding hydrogens is 249 g/mol. The zero-order valence-corrected chi connectivity index (χ0v) is 9.01. The van der Waals surface area contributed by atoms with E-state index in [9.17, 15) is 4.39 Å². The molecule has 1 saturated heterocycles. The van der Waals surface area contributed by atoms with Gasteiger partial charge in [-0.15, -0.1) is 0 Å². The Kier molecular flexibility index (Phi) is 2.83. The summed E-state index contributed by atoms with van der Waals surface area (Å²) in [7, 11) is 0. The molecule has 14 heavy (non-hydrogen) atoms. The maximum Gasteiger partial charge on any atom is 0.129 e. The first-order chi connectivity index (χ1) is 6.68.